The van der Waals surface area contributed by atoms with Crippen LogP contribution < -0.4 is 9.80 Å². The molecule has 0 unspecified atom stereocenters. The van der Waals surface area contributed by atoms with Gasteiger partial charge in [0.25, 0.3) is 0 Å². The Morgan fingerprint density at radius 3 is 1.04 bits per heavy atom. The quantitative estimate of drug-likeness (QED) is 0.129. The summed E-state index contributed by atoms with van der Waals surface area (Å²) in [6.45, 7) is 2.12. The molecule has 0 aliphatic carbocycles. The zero-order chi connectivity index (χ0) is 54.5. The van der Waals surface area contributed by atoms with E-state index in [4.69, 9.17) is 9.97 Å². The van der Waals surface area contributed by atoms with Gasteiger partial charge in [0.1, 0.15) is 0 Å². The van der Waals surface area contributed by atoms with Crippen molar-refractivity contribution in [3.63, 3.8) is 0 Å². The van der Waals surface area contributed by atoms with Crippen molar-refractivity contribution in [3.05, 3.63) is 309 Å². The smallest absolute Gasteiger partial charge is 0.0973 e. The predicted octanol–water partition coefficient (Wildman–Crippen LogP) is 20.9. The fourth-order valence-electron chi connectivity index (χ4n) is 11.8. The molecule has 5 nitrogen and oxygen atoms in total. The number of nitrogens with zero attached hydrogens (tertiary/aromatic N) is 5. The third kappa shape index (κ3) is 8.87. The van der Waals surface area contributed by atoms with Gasteiger partial charge < -0.3 is 14.4 Å². The fraction of sp³-hybridized carbons (Fsp3) is 0.0130. The Labute approximate surface area is 476 Å². The van der Waals surface area contributed by atoms with E-state index in [1.807, 2.05) is 24.3 Å². The summed E-state index contributed by atoms with van der Waals surface area (Å²) in [6.07, 6.45) is 0. The van der Waals surface area contributed by atoms with Crippen molar-refractivity contribution in [2.75, 3.05) is 9.80 Å². The van der Waals surface area contributed by atoms with E-state index in [2.05, 4.69) is 300 Å². The fourth-order valence-corrected chi connectivity index (χ4v) is 11.8. The van der Waals surface area contributed by atoms with Crippen LogP contribution in [-0.4, -0.2) is 14.5 Å². The third-order valence-corrected chi connectivity index (χ3v) is 16.0. The summed E-state index contributed by atoms with van der Waals surface area (Å²) in [5, 5.41) is 7.37. The van der Waals surface area contributed by atoms with Crippen molar-refractivity contribution >= 4 is 88.5 Å². The molecule has 0 radical (unpaired) electrons. The number of anilines is 6. The number of aromatic nitrogens is 3. The average Bonchev–Trinajstić information content (AvgIpc) is 4.11. The SMILES string of the molecule is Cc1ccc(N(c2ccccc2)c2ccc(-c3nc4ccccc4nc3-c3ccc(N(c4ccccc4)c4ccc(-n5c6ccc(-c7ccc8ccccc8c7)cc6c6cc(-c7ccc8ccccc8c7)ccc65)cc4)cc3)cc2)cc1. The topological polar surface area (TPSA) is 37.2 Å². The second-order valence-corrected chi connectivity index (χ2v) is 21.1. The molecule has 15 aromatic rings. The van der Waals surface area contributed by atoms with Gasteiger partial charge in [-0.3, -0.25) is 0 Å². The lowest BCUT2D eigenvalue weighted by atomic mass is 9.98. The third-order valence-electron chi connectivity index (χ3n) is 16.0. The van der Waals surface area contributed by atoms with Gasteiger partial charge in [0, 0.05) is 61.7 Å². The molecule has 0 spiro atoms. The van der Waals surface area contributed by atoms with Gasteiger partial charge in [-0.25, -0.2) is 9.97 Å². The molecule has 0 fully saturated rings. The van der Waals surface area contributed by atoms with Crippen LogP contribution in [0.5, 0.6) is 0 Å². The predicted molar refractivity (Wildman–Crippen MR) is 345 cm³/mol. The van der Waals surface area contributed by atoms with Crippen molar-refractivity contribution in [3.8, 4) is 50.5 Å². The molecule has 0 amide bonds. The maximum Gasteiger partial charge on any atom is 0.0973 e. The molecule has 13 aromatic carbocycles. The van der Waals surface area contributed by atoms with Crippen LogP contribution in [0.1, 0.15) is 5.56 Å². The zero-order valence-corrected chi connectivity index (χ0v) is 45.1. The molecule has 0 saturated carbocycles. The number of para-hydroxylation sites is 4. The highest BCUT2D eigenvalue weighted by Gasteiger charge is 2.20. The summed E-state index contributed by atoms with van der Waals surface area (Å²) < 4.78 is 2.42. The van der Waals surface area contributed by atoms with Crippen LogP contribution in [0.2, 0.25) is 0 Å². The van der Waals surface area contributed by atoms with Crippen molar-refractivity contribution in [2.45, 2.75) is 6.92 Å². The van der Waals surface area contributed by atoms with E-state index in [-0.39, 0.29) is 0 Å². The molecule has 0 N–H and O–H groups in total. The van der Waals surface area contributed by atoms with Crippen LogP contribution in [0.4, 0.5) is 34.1 Å². The Kier molecular flexibility index (Phi) is 12.0. The van der Waals surface area contributed by atoms with E-state index in [0.29, 0.717) is 0 Å². The molecule has 2 aromatic heterocycles. The number of fused-ring (bicyclic) bond motifs is 6. The Hall–Kier alpha value is -10.9. The number of hydrogen-bond donors (Lipinski definition) is 0. The molecular weight excluding hydrogens is 995 g/mol. The summed E-state index contributed by atoms with van der Waals surface area (Å²) in [4.78, 5) is 15.2. The number of benzene rings is 13. The average molecular weight is 1050 g/mol. The van der Waals surface area contributed by atoms with E-state index >= 15 is 0 Å². The second-order valence-electron chi connectivity index (χ2n) is 21.1. The van der Waals surface area contributed by atoms with E-state index in [0.717, 1.165) is 84.4 Å². The van der Waals surface area contributed by atoms with Gasteiger partial charge in [0.2, 0.25) is 0 Å². The van der Waals surface area contributed by atoms with Crippen molar-refractivity contribution in [1.82, 2.24) is 14.5 Å². The van der Waals surface area contributed by atoms with Gasteiger partial charge in [0.05, 0.1) is 33.5 Å². The van der Waals surface area contributed by atoms with Crippen LogP contribution in [0, 0.1) is 6.92 Å². The van der Waals surface area contributed by atoms with E-state index < -0.39 is 0 Å². The first-order valence-corrected chi connectivity index (χ1v) is 27.9. The molecule has 0 saturated heterocycles. The lowest BCUT2D eigenvalue weighted by Gasteiger charge is -2.26. The minimum atomic E-state index is 0.826. The molecule has 82 heavy (non-hydrogen) atoms. The minimum Gasteiger partial charge on any atom is -0.311 e. The number of rotatable bonds is 11. The van der Waals surface area contributed by atoms with Crippen molar-refractivity contribution < 1.29 is 0 Å². The molecule has 0 aliphatic rings. The standard InChI is InChI=1S/C77H53N5/c1-52-24-36-65(37-25-52)80(63-18-4-2-5-19-63)66-38-30-55(31-39-66)76-77(79-73-23-13-12-22-72(73)78-76)56-32-40-67(41-33-56)81(64-20-6-3-7-21-64)68-42-44-69(45-43-68)82-74-46-34-61(59-28-26-53-14-8-10-16-57(53)48-59)50-70(74)71-51-62(35-47-75(71)82)60-29-27-54-15-9-11-17-58(54)49-60/h2-51H,1H3. The monoisotopic (exact) mass is 1050 g/mol. The lowest BCUT2D eigenvalue weighted by Crippen LogP contribution is -2.10. The second kappa shape index (κ2) is 20.4. The molecule has 386 valence electrons. The van der Waals surface area contributed by atoms with Gasteiger partial charge in [-0.15, -0.1) is 0 Å². The van der Waals surface area contributed by atoms with Crippen LogP contribution in [0.25, 0.3) is 105 Å². The summed E-state index contributed by atoms with van der Waals surface area (Å²) in [5.74, 6) is 0. The van der Waals surface area contributed by atoms with Crippen molar-refractivity contribution in [1.29, 1.82) is 0 Å². The van der Waals surface area contributed by atoms with E-state index in [1.165, 1.54) is 60.1 Å². The Balaban J connectivity index is 0.798. The van der Waals surface area contributed by atoms with Crippen LogP contribution in [0.3, 0.4) is 0 Å². The molecule has 0 atom stereocenters. The summed E-state index contributed by atoms with van der Waals surface area (Å²) in [5.41, 5.74) is 21.1. The van der Waals surface area contributed by atoms with Gasteiger partial charge in [-0.05, 0) is 184 Å². The van der Waals surface area contributed by atoms with Gasteiger partial charge in [-0.2, -0.15) is 0 Å². The molecular formula is C77H53N5. The molecule has 2 heterocycles. The molecule has 15 rings (SSSR count). The Morgan fingerprint density at radius 2 is 0.598 bits per heavy atom. The Morgan fingerprint density at radius 1 is 0.268 bits per heavy atom. The van der Waals surface area contributed by atoms with E-state index in [1.54, 1.807) is 0 Å². The van der Waals surface area contributed by atoms with Crippen LogP contribution in [-0.2, 0) is 0 Å². The highest BCUT2D eigenvalue weighted by atomic mass is 15.1. The zero-order valence-electron chi connectivity index (χ0n) is 45.1. The highest BCUT2D eigenvalue weighted by Crippen LogP contribution is 2.42. The first-order chi connectivity index (χ1) is 40.5. The lowest BCUT2D eigenvalue weighted by molar-refractivity contribution is 1.17. The summed E-state index contributed by atoms with van der Waals surface area (Å²) in [6, 6.07) is 109. The van der Waals surface area contributed by atoms with E-state index in [9.17, 15) is 0 Å². The minimum absolute atomic E-state index is 0.826. The Bertz CT molecular complexity index is 4700. The van der Waals surface area contributed by atoms with Gasteiger partial charge in [-0.1, -0.05) is 175 Å². The first kappa shape index (κ1) is 48.3. The number of hydrogen-bond acceptors (Lipinski definition) is 4. The van der Waals surface area contributed by atoms with Crippen molar-refractivity contribution in [2.24, 2.45) is 0 Å². The van der Waals surface area contributed by atoms with Crippen LogP contribution in [0.15, 0.2) is 303 Å². The maximum atomic E-state index is 5.32. The van der Waals surface area contributed by atoms with Crippen LogP contribution >= 0.6 is 0 Å². The molecule has 0 aliphatic heterocycles. The first-order valence-electron chi connectivity index (χ1n) is 27.9. The highest BCUT2D eigenvalue weighted by molar-refractivity contribution is 6.12. The summed E-state index contributed by atoms with van der Waals surface area (Å²) >= 11 is 0. The maximum absolute atomic E-state index is 5.32. The molecule has 0 bridgehead atoms. The van der Waals surface area contributed by atoms with Gasteiger partial charge in [0.15, 0.2) is 0 Å². The number of aryl methyl sites for hydroxylation is 1. The van der Waals surface area contributed by atoms with Gasteiger partial charge >= 0.3 is 0 Å². The largest absolute Gasteiger partial charge is 0.311 e. The molecule has 5 heteroatoms. The normalized spacial score (nSPS) is 11.5. The summed E-state index contributed by atoms with van der Waals surface area (Å²) in [7, 11) is 0.